The Labute approximate surface area is 192 Å². The van der Waals surface area contributed by atoms with Gasteiger partial charge in [0.05, 0.1) is 19.1 Å². The Morgan fingerprint density at radius 2 is 1.58 bits per heavy atom. The average Bonchev–Trinajstić information content (AvgIpc) is 3.56. The Hall–Kier alpha value is -1.74. The number of thiophene rings is 2. The molecule has 2 saturated heterocycles. The predicted octanol–water partition coefficient (Wildman–Crippen LogP) is 2.52. The molecule has 0 bridgehead atoms. The lowest BCUT2D eigenvalue weighted by molar-refractivity contribution is -0.136. The van der Waals surface area contributed by atoms with Gasteiger partial charge in [0, 0.05) is 55.6 Å². The Morgan fingerprint density at radius 1 is 0.839 bits per heavy atom. The number of fused-ring (bicyclic) bond motifs is 1. The number of carbonyl (C=O) groups excluding carboxylic acids is 2. The quantitative estimate of drug-likeness (QED) is 0.691. The molecule has 2 aromatic heterocycles. The second-order valence-electron chi connectivity index (χ2n) is 8.68. The first-order valence-corrected chi connectivity index (χ1v) is 13.1. The van der Waals surface area contributed by atoms with E-state index in [1.165, 1.54) is 15.3 Å². The monoisotopic (exact) mass is 458 g/mol. The fourth-order valence-corrected chi connectivity index (χ4v) is 6.79. The molecule has 0 spiro atoms. The van der Waals surface area contributed by atoms with E-state index in [1.54, 1.807) is 11.3 Å². The molecule has 0 saturated carbocycles. The molecule has 2 amide bonds. The van der Waals surface area contributed by atoms with E-state index in [1.807, 2.05) is 21.1 Å². The maximum Gasteiger partial charge on any atom is 0.236 e. The zero-order valence-corrected chi connectivity index (χ0v) is 19.5. The Kier molecular flexibility index (Phi) is 6.41. The number of nitrogens with zero attached hydrogens (tertiary/aromatic N) is 4. The van der Waals surface area contributed by atoms with Gasteiger partial charge in [0.25, 0.3) is 0 Å². The van der Waals surface area contributed by atoms with E-state index in [0.717, 1.165) is 52.0 Å². The lowest BCUT2D eigenvalue weighted by Gasteiger charge is -2.38. The lowest BCUT2D eigenvalue weighted by atomic mass is 9.98. The molecule has 0 radical (unpaired) electrons. The van der Waals surface area contributed by atoms with Gasteiger partial charge >= 0.3 is 0 Å². The van der Waals surface area contributed by atoms with E-state index in [2.05, 4.69) is 38.8 Å². The minimum Gasteiger partial charge on any atom is -0.342 e. The van der Waals surface area contributed by atoms with Crippen molar-refractivity contribution in [1.29, 1.82) is 0 Å². The highest BCUT2D eigenvalue weighted by Crippen LogP contribution is 2.39. The van der Waals surface area contributed by atoms with E-state index in [9.17, 15) is 9.59 Å². The summed E-state index contributed by atoms with van der Waals surface area (Å²) in [5.74, 6) is 0.460. The molecule has 2 aromatic rings. The molecule has 6 nitrogen and oxygen atoms in total. The molecule has 5 heterocycles. The summed E-state index contributed by atoms with van der Waals surface area (Å²) in [6.07, 6.45) is 3.28. The van der Waals surface area contributed by atoms with Gasteiger partial charge in [0.2, 0.25) is 11.8 Å². The molecule has 2 fully saturated rings. The van der Waals surface area contributed by atoms with Crippen LogP contribution < -0.4 is 0 Å². The van der Waals surface area contributed by atoms with E-state index < -0.39 is 0 Å². The summed E-state index contributed by atoms with van der Waals surface area (Å²) in [6, 6.07) is 6.72. The average molecular weight is 459 g/mol. The van der Waals surface area contributed by atoms with Crippen molar-refractivity contribution < 1.29 is 9.59 Å². The van der Waals surface area contributed by atoms with Gasteiger partial charge in [-0.25, -0.2) is 0 Å². The Balaban J connectivity index is 1.17. The standard InChI is InChI=1S/C23H30N4O2S2/c28-21(25-7-1-2-8-25)16-24-10-12-26(13-11-24)22(29)17-27-9-5-19-18(6-15-31-19)23(27)20-4-3-14-30-20/h3-4,6,14-15,23H,1-2,5,7-13,16-17H2/t23-/m1/s1. The maximum absolute atomic E-state index is 13.2. The molecule has 8 heteroatoms. The molecule has 0 N–H and O–H groups in total. The van der Waals surface area contributed by atoms with Crippen LogP contribution in [0.2, 0.25) is 0 Å². The topological polar surface area (TPSA) is 47.1 Å². The van der Waals surface area contributed by atoms with Gasteiger partial charge in [-0.2, -0.15) is 0 Å². The van der Waals surface area contributed by atoms with Crippen LogP contribution in [0.1, 0.15) is 34.2 Å². The highest BCUT2D eigenvalue weighted by atomic mass is 32.1. The van der Waals surface area contributed by atoms with Gasteiger partial charge in [0.15, 0.2) is 0 Å². The van der Waals surface area contributed by atoms with Crippen LogP contribution in [-0.4, -0.2) is 90.3 Å². The van der Waals surface area contributed by atoms with Crippen LogP contribution in [0.5, 0.6) is 0 Å². The number of rotatable bonds is 5. The smallest absolute Gasteiger partial charge is 0.236 e. The van der Waals surface area contributed by atoms with Gasteiger partial charge < -0.3 is 9.80 Å². The number of piperazine rings is 1. The first-order chi connectivity index (χ1) is 15.2. The van der Waals surface area contributed by atoms with Gasteiger partial charge in [-0.15, -0.1) is 22.7 Å². The Bertz CT molecular complexity index is 899. The largest absolute Gasteiger partial charge is 0.342 e. The molecular formula is C23H30N4O2S2. The molecule has 0 aliphatic carbocycles. The van der Waals surface area contributed by atoms with Crippen molar-refractivity contribution in [3.8, 4) is 0 Å². The summed E-state index contributed by atoms with van der Waals surface area (Å²) in [4.78, 5) is 36.9. The van der Waals surface area contributed by atoms with Crippen molar-refractivity contribution in [2.75, 3.05) is 58.9 Å². The van der Waals surface area contributed by atoms with Crippen molar-refractivity contribution >= 4 is 34.5 Å². The summed E-state index contributed by atoms with van der Waals surface area (Å²) in [6.45, 7) is 6.70. The number of hydrogen-bond donors (Lipinski definition) is 0. The van der Waals surface area contributed by atoms with Crippen molar-refractivity contribution in [3.63, 3.8) is 0 Å². The lowest BCUT2D eigenvalue weighted by Crippen LogP contribution is -2.53. The molecule has 31 heavy (non-hydrogen) atoms. The SMILES string of the molecule is O=C(CN1CCN(C(=O)CN2CCc3sccc3[C@@H]2c2cccs2)CC1)N1CCCC1. The van der Waals surface area contributed by atoms with Crippen LogP contribution in [0.4, 0.5) is 0 Å². The summed E-state index contributed by atoms with van der Waals surface area (Å²) >= 11 is 3.61. The number of amides is 2. The minimum atomic E-state index is 0.193. The van der Waals surface area contributed by atoms with Crippen LogP contribution >= 0.6 is 22.7 Å². The fraction of sp³-hybridized carbons (Fsp3) is 0.565. The molecule has 166 valence electrons. The van der Waals surface area contributed by atoms with Crippen molar-refractivity contribution in [1.82, 2.24) is 19.6 Å². The van der Waals surface area contributed by atoms with Crippen LogP contribution in [0, 0.1) is 0 Å². The molecule has 0 unspecified atom stereocenters. The van der Waals surface area contributed by atoms with Crippen molar-refractivity contribution in [2.45, 2.75) is 25.3 Å². The molecular weight excluding hydrogens is 428 g/mol. The molecule has 1 atom stereocenters. The fourth-order valence-electron chi connectivity index (χ4n) is 5.01. The highest BCUT2D eigenvalue weighted by molar-refractivity contribution is 7.10. The van der Waals surface area contributed by atoms with Crippen LogP contribution in [0.25, 0.3) is 0 Å². The van der Waals surface area contributed by atoms with Crippen LogP contribution in [-0.2, 0) is 16.0 Å². The maximum atomic E-state index is 13.2. The summed E-state index contributed by atoms with van der Waals surface area (Å²) in [7, 11) is 0. The predicted molar refractivity (Wildman–Crippen MR) is 125 cm³/mol. The second kappa shape index (κ2) is 9.40. The third-order valence-electron chi connectivity index (χ3n) is 6.76. The molecule has 3 aliphatic rings. The van der Waals surface area contributed by atoms with E-state index in [-0.39, 0.29) is 17.9 Å². The van der Waals surface area contributed by atoms with E-state index in [0.29, 0.717) is 26.2 Å². The van der Waals surface area contributed by atoms with Crippen LogP contribution in [0.3, 0.4) is 0 Å². The van der Waals surface area contributed by atoms with Gasteiger partial charge in [0.1, 0.15) is 0 Å². The van der Waals surface area contributed by atoms with Crippen molar-refractivity contribution in [3.05, 3.63) is 44.3 Å². The third-order valence-corrected chi connectivity index (χ3v) is 8.68. The zero-order valence-electron chi connectivity index (χ0n) is 17.9. The first-order valence-electron chi connectivity index (χ1n) is 11.3. The van der Waals surface area contributed by atoms with Gasteiger partial charge in [-0.05, 0) is 47.7 Å². The molecule has 5 rings (SSSR count). The number of likely N-dealkylation sites (tertiary alicyclic amines) is 1. The first kappa shape index (κ1) is 21.1. The minimum absolute atomic E-state index is 0.193. The summed E-state index contributed by atoms with van der Waals surface area (Å²) in [5, 5.41) is 4.30. The summed E-state index contributed by atoms with van der Waals surface area (Å²) in [5.41, 5.74) is 1.37. The van der Waals surface area contributed by atoms with Gasteiger partial charge in [-0.1, -0.05) is 6.07 Å². The number of hydrogen-bond acceptors (Lipinski definition) is 6. The van der Waals surface area contributed by atoms with E-state index >= 15 is 0 Å². The van der Waals surface area contributed by atoms with Crippen molar-refractivity contribution in [2.24, 2.45) is 0 Å². The number of carbonyl (C=O) groups is 2. The third kappa shape index (κ3) is 4.58. The second-order valence-corrected chi connectivity index (χ2v) is 10.7. The molecule has 3 aliphatic heterocycles. The van der Waals surface area contributed by atoms with Crippen LogP contribution in [0.15, 0.2) is 29.0 Å². The molecule has 0 aromatic carbocycles. The van der Waals surface area contributed by atoms with Gasteiger partial charge in [-0.3, -0.25) is 19.4 Å². The van der Waals surface area contributed by atoms with E-state index in [4.69, 9.17) is 0 Å². The zero-order chi connectivity index (χ0) is 21.2. The normalized spacial score (nSPS) is 22.6. The summed E-state index contributed by atoms with van der Waals surface area (Å²) < 4.78 is 0. The Morgan fingerprint density at radius 3 is 2.32 bits per heavy atom. The highest BCUT2D eigenvalue weighted by Gasteiger charge is 2.33.